The number of ether oxygens (including phenoxy) is 2. The number of hydrogen-bond acceptors (Lipinski definition) is 9. The van der Waals surface area contributed by atoms with Gasteiger partial charge in [0.15, 0.2) is 5.78 Å². The van der Waals surface area contributed by atoms with Crippen LogP contribution < -0.4 is 20.8 Å². The second-order valence-electron chi connectivity index (χ2n) is 19.3. The summed E-state index contributed by atoms with van der Waals surface area (Å²) < 4.78 is 11.0. The average Bonchev–Trinajstić information content (AvgIpc) is 4.02. The van der Waals surface area contributed by atoms with Crippen LogP contribution in [0.1, 0.15) is 148 Å². The minimum absolute atomic E-state index is 0. The minimum atomic E-state index is -1.27. The van der Waals surface area contributed by atoms with Gasteiger partial charge in [-0.05, 0) is 105 Å². The summed E-state index contributed by atoms with van der Waals surface area (Å²) in [6.45, 7) is 23.5. The zero-order valence-electron chi connectivity index (χ0n) is 41.3. The molecular formula is C55H70MgN4O6. The predicted molar refractivity (Wildman–Crippen MR) is 265 cm³/mol. The molecule has 1 aliphatic carbocycles. The summed E-state index contributed by atoms with van der Waals surface area (Å²) in [5.74, 6) is -0.983. The third kappa shape index (κ3) is 11.6. The number of allylic oxidation sites excluding steroid dienone is 9. The van der Waals surface area contributed by atoms with E-state index in [-0.39, 0.29) is 53.9 Å². The molecule has 1 aromatic rings. The van der Waals surface area contributed by atoms with Crippen molar-refractivity contribution in [2.75, 3.05) is 13.7 Å². The molecule has 0 radical (unpaired) electrons. The zero-order chi connectivity index (χ0) is 47.1. The first kappa shape index (κ1) is 52.4. The molecule has 0 fully saturated rings. The topological polar surface area (TPSA) is 144 Å². The van der Waals surface area contributed by atoms with E-state index in [4.69, 9.17) is 29.4 Å². The maximum atomic E-state index is 14.4. The fraction of sp³-hybridized carbons (Fsp3) is 0.527. The van der Waals surface area contributed by atoms with Gasteiger partial charge in [-0.3, -0.25) is 19.4 Å². The molecule has 0 N–H and O–H groups in total. The minimum Gasteiger partial charge on any atom is -0.877 e. The predicted octanol–water partition coefficient (Wildman–Crippen LogP) is 9.01. The van der Waals surface area contributed by atoms with Gasteiger partial charge in [-0.1, -0.05) is 116 Å². The molecule has 0 saturated carbocycles. The Kier molecular flexibility index (Phi) is 18.6. The summed E-state index contributed by atoms with van der Waals surface area (Å²) in [6, 6.07) is 0. The van der Waals surface area contributed by atoms with Crippen LogP contribution in [0.15, 0.2) is 97.1 Å². The van der Waals surface area contributed by atoms with Crippen molar-refractivity contribution in [3.05, 3.63) is 104 Å². The third-order valence-electron chi connectivity index (χ3n) is 14.1. The van der Waals surface area contributed by atoms with E-state index in [1.807, 2.05) is 45.9 Å². The molecular weight excluding hydrogens is 837 g/mol. The summed E-state index contributed by atoms with van der Waals surface area (Å²) in [5, 5.41) is 13.5. The van der Waals surface area contributed by atoms with Crippen molar-refractivity contribution < 1.29 is 29.0 Å². The SMILES string of the molecule is C=CC1=C(C)C2=NC1=CC1=NC(=C(CC)/C1=C\[O-])C=c1[n-]c3c(c1C)C(=O)[C@H](C(=O)OC)C=3C1=NC(=C2)[C@@H](C)[C@@H]1CCC(=O)OC/C=C(\C)CCC[C@H](C)CCC[C@H](C)CCCC(C)C.[Mg+2]. The number of esters is 2. The van der Waals surface area contributed by atoms with Crippen molar-refractivity contribution in [1.82, 2.24) is 4.98 Å². The molecule has 0 spiro atoms. The van der Waals surface area contributed by atoms with E-state index in [0.29, 0.717) is 86.0 Å². The molecule has 10 nitrogen and oxygen atoms in total. The van der Waals surface area contributed by atoms with Gasteiger partial charge in [0.05, 0.1) is 29.9 Å². The van der Waals surface area contributed by atoms with Crippen LogP contribution in [0.5, 0.6) is 0 Å². The third-order valence-corrected chi connectivity index (χ3v) is 14.1. The van der Waals surface area contributed by atoms with Crippen LogP contribution in [0.3, 0.4) is 0 Å². The molecule has 1 aromatic heterocycles. The Morgan fingerprint density at radius 2 is 1.62 bits per heavy atom. The number of fused-ring (bicyclic) bond motifs is 5. The Balaban J connectivity index is 0.00000817. The van der Waals surface area contributed by atoms with Crippen molar-refractivity contribution in [2.45, 2.75) is 139 Å². The van der Waals surface area contributed by atoms with Crippen LogP contribution in [-0.2, 0) is 19.1 Å². The second kappa shape index (κ2) is 23.4. The molecule has 4 aliphatic heterocycles. The molecule has 5 heterocycles. The number of aromatic nitrogens is 1. The van der Waals surface area contributed by atoms with Gasteiger partial charge in [-0.25, -0.2) is 9.98 Å². The normalized spacial score (nSPS) is 21.6. The van der Waals surface area contributed by atoms with Crippen molar-refractivity contribution in [3.8, 4) is 0 Å². The van der Waals surface area contributed by atoms with Crippen LogP contribution in [0.2, 0.25) is 0 Å². The van der Waals surface area contributed by atoms with Crippen molar-refractivity contribution >= 4 is 69.6 Å². The Labute approximate surface area is 408 Å². The van der Waals surface area contributed by atoms with Crippen molar-refractivity contribution in [1.29, 1.82) is 0 Å². The molecule has 8 bridgehead atoms. The van der Waals surface area contributed by atoms with Gasteiger partial charge in [0.1, 0.15) is 12.5 Å². The molecule has 5 atom stereocenters. The number of aliphatic imine (C=N–C) groups is 3. The number of ketones is 1. The second-order valence-corrected chi connectivity index (χ2v) is 19.3. The van der Waals surface area contributed by atoms with Crippen LogP contribution in [-0.4, -0.2) is 71.6 Å². The summed E-state index contributed by atoms with van der Waals surface area (Å²) in [5.41, 5.74) is 9.02. The molecule has 5 aliphatic rings. The van der Waals surface area contributed by atoms with Crippen LogP contribution in [0.4, 0.5) is 0 Å². The summed E-state index contributed by atoms with van der Waals surface area (Å²) in [4.78, 5) is 61.5. The van der Waals surface area contributed by atoms with E-state index < -0.39 is 17.7 Å². The smallest absolute Gasteiger partial charge is 0.877 e. The van der Waals surface area contributed by atoms with E-state index in [9.17, 15) is 19.5 Å². The van der Waals surface area contributed by atoms with Crippen molar-refractivity contribution in [2.24, 2.45) is 50.5 Å². The number of methoxy groups -OCH3 is 1. The Morgan fingerprint density at radius 1 is 0.939 bits per heavy atom. The van der Waals surface area contributed by atoms with E-state index in [2.05, 4.69) is 41.2 Å². The first-order chi connectivity index (χ1) is 31.1. The first-order valence-corrected chi connectivity index (χ1v) is 24.0. The quantitative estimate of drug-likeness (QED) is 0.0418. The van der Waals surface area contributed by atoms with Gasteiger partial charge in [-0.15, -0.1) is 17.0 Å². The first-order valence-electron chi connectivity index (χ1n) is 24.0. The maximum absolute atomic E-state index is 14.4. The van der Waals surface area contributed by atoms with Gasteiger partial charge in [0, 0.05) is 40.8 Å². The van der Waals surface area contributed by atoms with Gasteiger partial charge < -0.3 is 19.6 Å². The summed E-state index contributed by atoms with van der Waals surface area (Å²) in [7, 11) is 1.27. The molecule has 6 rings (SSSR count). The standard InChI is InChI=1S/C55H72N4O6.Mg/c1-12-38-35(8)42-27-43-36(9)40(23-24-48(61)65-26-25-34(7)22-16-21-33(6)20-15-19-32(5)18-14-17-31(3)4)52(58-43)50-51(55(63)64-11)54(62)49-37(10)44(59-53(49)50)28-46-39(13-2)41(30-60)47(57-46)29-45(38)56-42;/h12,25,27-33,36,40,51H,1,13-24,26H2,2-11H3,(H2,56,57,58,59,60,62);/q;+2/p-2/b34-25+;/t32-,33-,36+,40+,51-;/m1./s1. The zero-order valence-corrected chi connectivity index (χ0v) is 42.7. The Morgan fingerprint density at radius 3 is 2.26 bits per heavy atom. The van der Waals surface area contributed by atoms with Gasteiger partial charge >= 0.3 is 35.0 Å². The number of hydrogen-bond donors (Lipinski definition) is 0. The molecule has 11 heteroatoms. The fourth-order valence-corrected chi connectivity index (χ4v) is 10.0. The largest absolute Gasteiger partial charge is 2.00 e. The molecule has 0 saturated heterocycles. The number of carbonyl (C=O) groups excluding carboxylic acids is 3. The summed E-state index contributed by atoms with van der Waals surface area (Å²) >= 11 is 0. The Hall–Kier alpha value is -4.61. The van der Waals surface area contributed by atoms with Gasteiger partial charge in [0.25, 0.3) is 0 Å². The van der Waals surface area contributed by atoms with E-state index in [1.165, 1.54) is 57.6 Å². The van der Waals surface area contributed by atoms with E-state index in [0.717, 1.165) is 47.7 Å². The molecule has 0 aromatic carbocycles. The molecule has 66 heavy (non-hydrogen) atoms. The number of Topliss-reactive ketones (excluding diaryl/α,β-unsaturated/α-hetero) is 1. The molecule has 348 valence electrons. The van der Waals surface area contributed by atoms with Gasteiger partial charge in [-0.2, -0.15) is 0 Å². The fourth-order valence-electron chi connectivity index (χ4n) is 10.0. The van der Waals surface area contributed by atoms with Crippen molar-refractivity contribution in [3.63, 3.8) is 0 Å². The number of rotatable bonds is 20. The van der Waals surface area contributed by atoms with Crippen LogP contribution in [0, 0.1) is 42.4 Å². The molecule has 0 amide bonds. The van der Waals surface area contributed by atoms with Crippen LogP contribution in [0.25, 0.3) is 11.6 Å². The van der Waals surface area contributed by atoms with E-state index in [1.54, 1.807) is 12.2 Å². The van der Waals surface area contributed by atoms with Crippen LogP contribution >= 0.6 is 0 Å². The number of carbonyl (C=O) groups is 3. The Bertz CT molecular complexity index is 2500. The monoisotopic (exact) mass is 907 g/mol. The average molecular weight is 907 g/mol. The molecule has 0 unspecified atom stereocenters. The van der Waals surface area contributed by atoms with Gasteiger partial charge in [0.2, 0.25) is 0 Å². The maximum Gasteiger partial charge on any atom is 2.00 e. The number of nitrogens with zero attached hydrogens (tertiary/aromatic N) is 4. The summed E-state index contributed by atoms with van der Waals surface area (Å²) in [6.07, 6.45) is 22.3. The van der Waals surface area contributed by atoms with E-state index >= 15 is 0 Å².